The van der Waals surface area contributed by atoms with Gasteiger partial charge >= 0.3 is 0 Å². The molecule has 17 heavy (non-hydrogen) atoms. The molecule has 0 saturated heterocycles. The molecule has 0 unspecified atom stereocenters. The molecule has 4 nitrogen and oxygen atoms in total. The number of aliphatic hydroxyl groups is 1. The van der Waals surface area contributed by atoms with Crippen LogP contribution in [-0.2, 0) is 20.7 Å². The van der Waals surface area contributed by atoms with Crippen molar-refractivity contribution in [2.24, 2.45) is 0 Å². The van der Waals surface area contributed by atoms with Crippen LogP contribution in [0.25, 0.3) is 0 Å². The van der Waals surface area contributed by atoms with Crippen molar-refractivity contribution in [3.63, 3.8) is 0 Å². The summed E-state index contributed by atoms with van der Waals surface area (Å²) in [6, 6.07) is 5.85. The fourth-order valence-electron chi connectivity index (χ4n) is 0.962. The summed E-state index contributed by atoms with van der Waals surface area (Å²) in [6.45, 7) is 2.02. The molecule has 0 aromatic heterocycles. The average molecular weight is 264 g/mol. The largest absolute Gasteiger partial charge is 0.397 e. The maximum Gasteiger partial charge on any atom is 0.264 e. The quantitative estimate of drug-likeness (QED) is 0.834. The minimum atomic E-state index is -3.38. The summed E-state index contributed by atoms with van der Waals surface area (Å²) < 4.78 is 38.2. The molecule has 0 spiro atoms. The van der Waals surface area contributed by atoms with Crippen molar-refractivity contribution in [1.82, 2.24) is 0 Å². The monoisotopic (exact) mass is 264 g/mol. The van der Waals surface area contributed by atoms with Crippen molar-refractivity contribution >= 4 is 10.1 Å². The SMILES string of the molecule is CCO.CS(=O)(=O)OCCc1ccc(F)cc1. The van der Waals surface area contributed by atoms with E-state index in [0.29, 0.717) is 6.42 Å². The Balaban J connectivity index is 0.000000770. The summed E-state index contributed by atoms with van der Waals surface area (Å²) >= 11 is 0. The highest BCUT2D eigenvalue weighted by atomic mass is 32.2. The molecule has 0 radical (unpaired) electrons. The predicted molar refractivity (Wildman–Crippen MR) is 63.7 cm³/mol. The molecule has 0 bridgehead atoms. The number of hydrogen-bond donors (Lipinski definition) is 1. The van der Waals surface area contributed by atoms with Crippen LogP contribution in [-0.4, -0.2) is 33.0 Å². The van der Waals surface area contributed by atoms with Crippen LogP contribution in [0.3, 0.4) is 0 Å². The molecule has 0 heterocycles. The minimum absolute atomic E-state index is 0.0878. The van der Waals surface area contributed by atoms with Gasteiger partial charge in [0.2, 0.25) is 0 Å². The van der Waals surface area contributed by atoms with Gasteiger partial charge in [-0.2, -0.15) is 8.42 Å². The van der Waals surface area contributed by atoms with Crippen LogP contribution in [0.15, 0.2) is 24.3 Å². The topological polar surface area (TPSA) is 63.6 Å². The second-order valence-electron chi connectivity index (χ2n) is 3.22. The smallest absolute Gasteiger partial charge is 0.264 e. The van der Waals surface area contributed by atoms with Gasteiger partial charge in [0, 0.05) is 6.61 Å². The molecule has 1 rings (SSSR count). The molecule has 0 fully saturated rings. The molecule has 0 amide bonds. The molecule has 98 valence electrons. The van der Waals surface area contributed by atoms with Crippen molar-refractivity contribution in [2.45, 2.75) is 13.3 Å². The van der Waals surface area contributed by atoms with Crippen LogP contribution in [0.1, 0.15) is 12.5 Å². The zero-order valence-electron chi connectivity index (χ0n) is 9.89. The van der Waals surface area contributed by atoms with E-state index in [1.165, 1.54) is 12.1 Å². The van der Waals surface area contributed by atoms with Gasteiger partial charge in [-0.15, -0.1) is 0 Å². The molecule has 0 aliphatic heterocycles. The number of benzene rings is 1. The zero-order valence-corrected chi connectivity index (χ0v) is 10.7. The van der Waals surface area contributed by atoms with E-state index in [9.17, 15) is 12.8 Å². The Morgan fingerprint density at radius 2 is 1.76 bits per heavy atom. The Morgan fingerprint density at radius 1 is 1.29 bits per heavy atom. The Labute approximate surface area is 101 Å². The second-order valence-corrected chi connectivity index (χ2v) is 4.86. The highest BCUT2D eigenvalue weighted by molar-refractivity contribution is 7.85. The average Bonchev–Trinajstić information content (AvgIpc) is 2.20. The summed E-state index contributed by atoms with van der Waals surface area (Å²) in [5.74, 6) is -0.308. The summed E-state index contributed by atoms with van der Waals surface area (Å²) in [5, 5.41) is 7.57. The first kappa shape index (κ1) is 16.0. The maximum absolute atomic E-state index is 12.5. The first-order chi connectivity index (χ1) is 7.89. The van der Waals surface area contributed by atoms with E-state index in [4.69, 9.17) is 5.11 Å². The van der Waals surface area contributed by atoms with E-state index in [1.54, 1.807) is 19.1 Å². The van der Waals surface area contributed by atoms with Gasteiger partial charge in [0.15, 0.2) is 0 Å². The number of hydrogen-bond acceptors (Lipinski definition) is 4. The lowest BCUT2D eigenvalue weighted by atomic mass is 10.2. The summed E-state index contributed by atoms with van der Waals surface area (Å²) in [5.41, 5.74) is 0.843. The van der Waals surface area contributed by atoms with Crippen molar-refractivity contribution in [2.75, 3.05) is 19.5 Å². The van der Waals surface area contributed by atoms with Gasteiger partial charge in [-0.05, 0) is 31.0 Å². The van der Waals surface area contributed by atoms with Gasteiger partial charge in [0.05, 0.1) is 12.9 Å². The Kier molecular flexibility index (Phi) is 7.69. The van der Waals surface area contributed by atoms with Gasteiger partial charge in [-0.3, -0.25) is 4.18 Å². The standard InChI is InChI=1S/C9H11FO3S.C2H6O/c1-14(11,12)13-7-6-8-2-4-9(10)5-3-8;1-2-3/h2-5H,6-7H2,1H3;3H,2H2,1H3. The van der Waals surface area contributed by atoms with Gasteiger partial charge in [0.1, 0.15) is 5.82 Å². The third-order valence-electron chi connectivity index (χ3n) is 1.60. The lowest BCUT2D eigenvalue weighted by Crippen LogP contribution is -2.06. The van der Waals surface area contributed by atoms with E-state index in [0.717, 1.165) is 11.8 Å². The summed E-state index contributed by atoms with van der Waals surface area (Å²) in [7, 11) is -3.38. The van der Waals surface area contributed by atoms with E-state index < -0.39 is 10.1 Å². The van der Waals surface area contributed by atoms with Gasteiger partial charge in [0.25, 0.3) is 10.1 Å². The molecule has 0 atom stereocenters. The van der Waals surface area contributed by atoms with E-state index in [-0.39, 0.29) is 19.0 Å². The molecular formula is C11H17FO4S. The van der Waals surface area contributed by atoms with Crippen molar-refractivity contribution in [3.8, 4) is 0 Å². The molecule has 1 N–H and O–H groups in total. The fourth-order valence-corrected chi connectivity index (χ4v) is 1.35. The number of aliphatic hydroxyl groups excluding tert-OH is 1. The first-order valence-electron chi connectivity index (χ1n) is 5.08. The van der Waals surface area contributed by atoms with Crippen LogP contribution < -0.4 is 0 Å². The third kappa shape index (κ3) is 9.92. The molecular weight excluding hydrogens is 247 g/mol. The van der Waals surface area contributed by atoms with Crippen LogP contribution in [0.4, 0.5) is 4.39 Å². The normalized spacial score (nSPS) is 10.6. The van der Waals surface area contributed by atoms with E-state index in [2.05, 4.69) is 4.18 Å². The zero-order chi connectivity index (χ0) is 13.3. The van der Waals surface area contributed by atoms with Crippen LogP contribution in [0.5, 0.6) is 0 Å². The second kappa shape index (κ2) is 8.16. The highest BCUT2D eigenvalue weighted by Gasteiger charge is 2.01. The third-order valence-corrected chi connectivity index (χ3v) is 2.20. The molecule has 0 aliphatic carbocycles. The van der Waals surface area contributed by atoms with Crippen LogP contribution in [0.2, 0.25) is 0 Å². The first-order valence-corrected chi connectivity index (χ1v) is 6.90. The van der Waals surface area contributed by atoms with E-state index >= 15 is 0 Å². The molecule has 1 aromatic carbocycles. The number of halogens is 1. The molecule has 0 saturated carbocycles. The predicted octanol–water partition coefficient (Wildman–Crippen LogP) is 1.34. The number of rotatable bonds is 4. The highest BCUT2D eigenvalue weighted by Crippen LogP contribution is 2.04. The van der Waals surface area contributed by atoms with Gasteiger partial charge < -0.3 is 5.11 Å². The minimum Gasteiger partial charge on any atom is -0.397 e. The lowest BCUT2D eigenvalue weighted by Gasteiger charge is -2.01. The van der Waals surface area contributed by atoms with Crippen molar-refractivity contribution in [3.05, 3.63) is 35.6 Å². The Hall–Kier alpha value is -0.980. The molecule has 0 aliphatic rings. The fraction of sp³-hybridized carbons (Fsp3) is 0.455. The van der Waals surface area contributed by atoms with Crippen molar-refractivity contribution in [1.29, 1.82) is 0 Å². The molecule has 1 aromatic rings. The Morgan fingerprint density at radius 3 is 2.18 bits per heavy atom. The Bertz CT molecular complexity index is 400. The van der Waals surface area contributed by atoms with Crippen LogP contribution in [0, 0.1) is 5.82 Å². The van der Waals surface area contributed by atoms with Crippen LogP contribution >= 0.6 is 0 Å². The van der Waals surface area contributed by atoms with Gasteiger partial charge in [-0.25, -0.2) is 4.39 Å². The lowest BCUT2D eigenvalue weighted by molar-refractivity contribution is 0.318. The molecule has 6 heteroatoms. The maximum atomic E-state index is 12.5. The van der Waals surface area contributed by atoms with Crippen molar-refractivity contribution < 1.29 is 22.1 Å². The van der Waals surface area contributed by atoms with Gasteiger partial charge in [-0.1, -0.05) is 12.1 Å². The van der Waals surface area contributed by atoms with E-state index in [1.807, 2.05) is 0 Å². The summed E-state index contributed by atoms with van der Waals surface area (Å²) in [4.78, 5) is 0. The summed E-state index contributed by atoms with van der Waals surface area (Å²) in [6.07, 6.45) is 1.45.